The molecular formula is C13H9N3O. The molecule has 3 aromatic rings. The van der Waals surface area contributed by atoms with E-state index in [1.807, 2.05) is 30.3 Å². The number of aromatic amines is 1. The Bertz CT molecular complexity index is 728. The van der Waals surface area contributed by atoms with Gasteiger partial charge in [-0.25, -0.2) is 4.98 Å². The maximum absolute atomic E-state index is 11.3. The molecular weight excluding hydrogens is 214 g/mol. The van der Waals surface area contributed by atoms with Crippen LogP contribution >= 0.6 is 0 Å². The maximum atomic E-state index is 11.3. The van der Waals surface area contributed by atoms with Crippen LogP contribution in [-0.4, -0.2) is 15.0 Å². The van der Waals surface area contributed by atoms with E-state index in [-0.39, 0.29) is 5.56 Å². The topological polar surface area (TPSA) is 58.6 Å². The van der Waals surface area contributed by atoms with Crippen LogP contribution < -0.4 is 5.56 Å². The van der Waals surface area contributed by atoms with Crippen molar-refractivity contribution in [2.24, 2.45) is 0 Å². The quantitative estimate of drug-likeness (QED) is 0.686. The van der Waals surface area contributed by atoms with E-state index in [4.69, 9.17) is 0 Å². The number of fused-ring (bicyclic) bond motifs is 1. The minimum Gasteiger partial charge on any atom is -0.313 e. The van der Waals surface area contributed by atoms with Gasteiger partial charge in [-0.2, -0.15) is 0 Å². The standard InChI is InChI=1S/C13H9N3O/c17-12-7-11(15-8-16-12)10-5-1-3-9-4-2-6-14-13(9)10/h1-8H,(H,15,16,17). The molecule has 0 saturated carbocycles. The smallest absolute Gasteiger partial charge is 0.251 e. The fourth-order valence-electron chi connectivity index (χ4n) is 1.83. The summed E-state index contributed by atoms with van der Waals surface area (Å²) in [6.07, 6.45) is 3.14. The zero-order valence-electron chi connectivity index (χ0n) is 8.92. The number of pyridine rings is 1. The van der Waals surface area contributed by atoms with E-state index in [1.54, 1.807) is 6.20 Å². The zero-order chi connectivity index (χ0) is 11.7. The Labute approximate surface area is 97.0 Å². The third-order valence-corrected chi connectivity index (χ3v) is 2.59. The summed E-state index contributed by atoms with van der Waals surface area (Å²) in [5.41, 5.74) is 2.20. The summed E-state index contributed by atoms with van der Waals surface area (Å²) in [6, 6.07) is 11.2. The molecule has 0 saturated heterocycles. The molecule has 0 atom stereocenters. The number of nitrogens with one attached hydrogen (secondary N) is 1. The molecule has 2 aromatic heterocycles. The summed E-state index contributed by atoms with van der Waals surface area (Å²) in [6.45, 7) is 0. The molecule has 0 amide bonds. The van der Waals surface area contributed by atoms with Gasteiger partial charge < -0.3 is 4.98 Å². The van der Waals surface area contributed by atoms with Gasteiger partial charge in [0.1, 0.15) is 0 Å². The molecule has 1 aromatic carbocycles. The second kappa shape index (κ2) is 3.83. The first-order chi connectivity index (χ1) is 8.34. The average Bonchev–Trinajstić information content (AvgIpc) is 2.38. The number of nitrogens with zero attached hydrogens (tertiary/aromatic N) is 2. The summed E-state index contributed by atoms with van der Waals surface area (Å²) in [4.78, 5) is 22.3. The highest BCUT2D eigenvalue weighted by Gasteiger charge is 2.05. The Morgan fingerprint density at radius 2 is 1.94 bits per heavy atom. The number of benzene rings is 1. The summed E-state index contributed by atoms with van der Waals surface area (Å²) in [7, 11) is 0. The normalized spacial score (nSPS) is 10.6. The van der Waals surface area contributed by atoms with E-state index in [0.717, 1.165) is 16.5 Å². The van der Waals surface area contributed by atoms with Gasteiger partial charge in [0.25, 0.3) is 5.56 Å². The van der Waals surface area contributed by atoms with Crippen molar-refractivity contribution in [2.45, 2.75) is 0 Å². The lowest BCUT2D eigenvalue weighted by atomic mass is 10.1. The highest BCUT2D eigenvalue weighted by atomic mass is 16.1. The summed E-state index contributed by atoms with van der Waals surface area (Å²) >= 11 is 0. The monoisotopic (exact) mass is 223 g/mol. The molecule has 0 aliphatic heterocycles. The minimum absolute atomic E-state index is 0.164. The SMILES string of the molecule is O=c1cc(-c2cccc3cccnc23)nc[nH]1. The van der Waals surface area contributed by atoms with Crippen LogP contribution in [0.1, 0.15) is 0 Å². The Kier molecular flexibility index (Phi) is 2.19. The molecule has 17 heavy (non-hydrogen) atoms. The molecule has 0 aliphatic rings. The van der Waals surface area contributed by atoms with Gasteiger partial charge in [0.15, 0.2) is 0 Å². The van der Waals surface area contributed by atoms with E-state index < -0.39 is 0 Å². The van der Waals surface area contributed by atoms with Crippen molar-refractivity contribution in [3.05, 3.63) is 59.3 Å². The lowest BCUT2D eigenvalue weighted by Gasteiger charge is -2.03. The van der Waals surface area contributed by atoms with Gasteiger partial charge in [-0.3, -0.25) is 9.78 Å². The lowest BCUT2D eigenvalue weighted by Crippen LogP contribution is -2.04. The molecule has 0 fully saturated rings. The van der Waals surface area contributed by atoms with Crippen molar-refractivity contribution in [3.63, 3.8) is 0 Å². The molecule has 0 bridgehead atoms. The Morgan fingerprint density at radius 1 is 1.06 bits per heavy atom. The molecule has 1 N–H and O–H groups in total. The molecule has 2 heterocycles. The molecule has 3 rings (SSSR count). The van der Waals surface area contributed by atoms with Gasteiger partial charge in [-0.05, 0) is 6.07 Å². The highest BCUT2D eigenvalue weighted by Crippen LogP contribution is 2.23. The van der Waals surface area contributed by atoms with Gasteiger partial charge in [0, 0.05) is 23.2 Å². The van der Waals surface area contributed by atoms with Crippen LogP contribution in [0.15, 0.2) is 53.7 Å². The summed E-state index contributed by atoms with van der Waals surface area (Å²) < 4.78 is 0. The number of hydrogen-bond donors (Lipinski definition) is 1. The second-order valence-corrected chi connectivity index (χ2v) is 3.68. The molecule has 0 spiro atoms. The zero-order valence-corrected chi connectivity index (χ0v) is 8.92. The average molecular weight is 223 g/mol. The first kappa shape index (κ1) is 9.72. The van der Waals surface area contributed by atoms with E-state index in [1.165, 1.54) is 12.4 Å². The van der Waals surface area contributed by atoms with Crippen LogP contribution in [-0.2, 0) is 0 Å². The number of H-pyrrole nitrogens is 1. The third-order valence-electron chi connectivity index (χ3n) is 2.59. The molecule has 4 heteroatoms. The second-order valence-electron chi connectivity index (χ2n) is 3.68. The molecule has 82 valence electrons. The summed E-state index contributed by atoms with van der Waals surface area (Å²) in [5.74, 6) is 0. The van der Waals surface area contributed by atoms with Crippen molar-refractivity contribution in [1.82, 2.24) is 15.0 Å². The van der Waals surface area contributed by atoms with Gasteiger partial charge in [0.05, 0.1) is 17.5 Å². The van der Waals surface area contributed by atoms with E-state index in [0.29, 0.717) is 5.69 Å². The van der Waals surface area contributed by atoms with Crippen LogP contribution in [0.4, 0.5) is 0 Å². The Morgan fingerprint density at radius 3 is 2.82 bits per heavy atom. The Balaban J connectivity index is 2.34. The van der Waals surface area contributed by atoms with Gasteiger partial charge in [-0.1, -0.05) is 24.3 Å². The van der Waals surface area contributed by atoms with Crippen LogP contribution in [0.2, 0.25) is 0 Å². The fraction of sp³-hybridized carbons (Fsp3) is 0. The minimum atomic E-state index is -0.164. The molecule has 0 aliphatic carbocycles. The summed E-state index contributed by atoms with van der Waals surface area (Å²) in [5, 5.41) is 1.03. The number of rotatable bonds is 1. The van der Waals surface area contributed by atoms with Crippen LogP contribution in [0.5, 0.6) is 0 Å². The Hall–Kier alpha value is -2.49. The van der Waals surface area contributed by atoms with Crippen LogP contribution in [0.3, 0.4) is 0 Å². The first-order valence-corrected chi connectivity index (χ1v) is 5.23. The molecule has 4 nitrogen and oxygen atoms in total. The highest BCUT2D eigenvalue weighted by molar-refractivity contribution is 5.92. The number of para-hydroxylation sites is 1. The predicted octanol–water partition coefficient (Wildman–Crippen LogP) is 1.99. The van der Waals surface area contributed by atoms with Gasteiger partial charge >= 0.3 is 0 Å². The van der Waals surface area contributed by atoms with Crippen LogP contribution in [0, 0.1) is 0 Å². The third kappa shape index (κ3) is 1.69. The van der Waals surface area contributed by atoms with E-state index in [2.05, 4.69) is 15.0 Å². The first-order valence-electron chi connectivity index (χ1n) is 5.23. The van der Waals surface area contributed by atoms with Crippen molar-refractivity contribution < 1.29 is 0 Å². The van der Waals surface area contributed by atoms with Crippen LogP contribution in [0.25, 0.3) is 22.2 Å². The van der Waals surface area contributed by atoms with Gasteiger partial charge in [-0.15, -0.1) is 0 Å². The predicted molar refractivity (Wildman–Crippen MR) is 65.6 cm³/mol. The van der Waals surface area contributed by atoms with Gasteiger partial charge in [0.2, 0.25) is 0 Å². The number of hydrogen-bond acceptors (Lipinski definition) is 3. The van der Waals surface area contributed by atoms with Crippen molar-refractivity contribution >= 4 is 10.9 Å². The lowest BCUT2D eigenvalue weighted by molar-refractivity contribution is 1.12. The maximum Gasteiger partial charge on any atom is 0.251 e. The molecule has 0 radical (unpaired) electrons. The fourth-order valence-corrected chi connectivity index (χ4v) is 1.83. The number of aromatic nitrogens is 3. The van der Waals surface area contributed by atoms with Crippen molar-refractivity contribution in [1.29, 1.82) is 0 Å². The van der Waals surface area contributed by atoms with E-state index >= 15 is 0 Å². The van der Waals surface area contributed by atoms with Crippen molar-refractivity contribution in [2.75, 3.05) is 0 Å². The largest absolute Gasteiger partial charge is 0.313 e. The molecule has 0 unspecified atom stereocenters. The van der Waals surface area contributed by atoms with E-state index in [9.17, 15) is 4.79 Å². The van der Waals surface area contributed by atoms with Crippen molar-refractivity contribution in [3.8, 4) is 11.3 Å².